The van der Waals surface area contributed by atoms with Gasteiger partial charge in [-0.15, -0.1) is 0 Å². The molecule has 0 unspecified atom stereocenters. The van der Waals surface area contributed by atoms with Gasteiger partial charge in [0.1, 0.15) is 5.75 Å². The van der Waals surface area contributed by atoms with Gasteiger partial charge in [0.2, 0.25) is 5.75 Å². The van der Waals surface area contributed by atoms with Crippen molar-refractivity contribution >= 4 is 12.1 Å². The number of methoxy groups -OCH3 is 2. The van der Waals surface area contributed by atoms with Crippen LogP contribution in [0.2, 0.25) is 0 Å². The molecule has 168 valence electrons. The number of hydrogen-bond acceptors (Lipinski definition) is 10. The predicted molar refractivity (Wildman–Crippen MR) is 111 cm³/mol. The molecule has 0 aliphatic carbocycles. The summed E-state index contributed by atoms with van der Waals surface area (Å²) in [5, 5.41) is 6.63. The van der Waals surface area contributed by atoms with Crippen molar-refractivity contribution in [2.75, 3.05) is 20.8 Å². The van der Waals surface area contributed by atoms with E-state index in [9.17, 15) is 9.59 Å². The van der Waals surface area contributed by atoms with Crippen molar-refractivity contribution in [2.24, 2.45) is 0 Å². The van der Waals surface area contributed by atoms with E-state index in [1.807, 2.05) is 0 Å². The molecule has 11 nitrogen and oxygen atoms in total. The van der Waals surface area contributed by atoms with E-state index in [0.29, 0.717) is 11.3 Å². The molecule has 0 saturated heterocycles. The summed E-state index contributed by atoms with van der Waals surface area (Å²) in [6.45, 7) is 3.41. The first kappa shape index (κ1) is 22.5. The lowest BCUT2D eigenvalue weighted by Gasteiger charge is -2.14. The molecule has 1 aromatic carbocycles. The highest BCUT2D eigenvalue weighted by atomic mass is 16.7. The van der Waals surface area contributed by atoms with Crippen molar-refractivity contribution in [1.29, 1.82) is 0 Å². The van der Waals surface area contributed by atoms with Gasteiger partial charge in [0, 0.05) is 17.8 Å². The van der Waals surface area contributed by atoms with Gasteiger partial charge in [-0.25, -0.2) is 9.78 Å². The van der Waals surface area contributed by atoms with Crippen LogP contribution in [0.3, 0.4) is 0 Å². The Hall–Kier alpha value is -4.15. The van der Waals surface area contributed by atoms with Gasteiger partial charge in [-0.3, -0.25) is 4.79 Å². The number of hydrogen-bond donors (Lipinski definition) is 1. The van der Waals surface area contributed by atoms with E-state index in [4.69, 9.17) is 23.5 Å². The lowest BCUT2D eigenvalue weighted by molar-refractivity contribution is 0.0914. The standard InChI is InChI=1S/C21H22N4O7/c1-5-30-21(27)31-17-15(29-4)10-11-22-16(17)19(26)23-12(2)18-24-20(32-25-18)13-6-8-14(28-3)9-7-13/h6-12H,5H2,1-4H3,(H,23,26)/t12-/m0/s1. The Morgan fingerprint density at radius 1 is 1.12 bits per heavy atom. The van der Waals surface area contributed by atoms with E-state index >= 15 is 0 Å². The SMILES string of the molecule is CCOC(=O)Oc1c(OC)ccnc1C(=O)N[C@@H](C)c1noc(-c2ccc(OC)cc2)n1. The molecule has 0 saturated carbocycles. The fourth-order valence-corrected chi connectivity index (χ4v) is 2.67. The van der Waals surface area contributed by atoms with Crippen LogP contribution in [0, 0.1) is 0 Å². The van der Waals surface area contributed by atoms with Crippen molar-refractivity contribution in [3.63, 3.8) is 0 Å². The van der Waals surface area contributed by atoms with Crippen molar-refractivity contribution < 1.29 is 33.1 Å². The summed E-state index contributed by atoms with van der Waals surface area (Å²) in [5.41, 5.74) is 0.533. The van der Waals surface area contributed by atoms with Crippen molar-refractivity contribution in [3.8, 4) is 28.7 Å². The second-order valence-corrected chi connectivity index (χ2v) is 6.36. The van der Waals surface area contributed by atoms with Gasteiger partial charge in [-0.1, -0.05) is 5.16 Å². The molecule has 0 radical (unpaired) electrons. The molecule has 2 aromatic heterocycles. The third-order valence-electron chi connectivity index (χ3n) is 4.26. The number of aromatic nitrogens is 3. The molecule has 1 atom stereocenters. The summed E-state index contributed by atoms with van der Waals surface area (Å²) >= 11 is 0. The van der Waals surface area contributed by atoms with Crippen LogP contribution in [0.4, 0.5) is 4.79 Å². The minimum absolute atomic E-state index is 0.105. The lowest BCUT2D eigenvalue weighted by Crippen LogP contribution is -2.29. The van der Waals surface area contributed by atoms with E-state index in [0.717, 1.165) is 0 Å². The molecular weight excluding hydrogens is 420 g/mol. The molecule has 3 rings (SSSR count). The quantitative estimate of drug-likeness (QED) is 0.518. The molecule has 0 fully saturated rings. The largest absolute Gasteiger partial charge is 0.514 e. The number of nitrogens with one attached hydrogen (secondary N) is 1. The second kappa shape index (κ2) is 10.2. The smallest absolute Gasteiger partial charge is 0.497 e. The normalized spacial score (nSPS) is 11.4. The molecule has 2 heterocycles. The highest BCUT2D eigenvalue weighted by molar-refractivity contribution is 5.96. The van der Waals surface area contributed by atoms with Gasteiger partial charge in [0.15, 0.2) is 17.3 Å². The van der Waals surface area contributed by atoms with Gasteiger partial charge < -0.3 is 28.8 Å². The first-order valence-corrected chi connectivity index (χ1v) is 9.63. The molecule has 3 aromatic rings. The maximum absolute atomic E-state index is 12.8. The van der Waals surface area contributed by atoms with Gasteiger partial charge in [0.25, 0.3) is 11.8 Å². The Morgan fingerprint density at radius 2 is 1.88 bits per heavy atom. The molecule has 32 heavy (non-hydrogen) atoms. The number of nitrogens with zero attached hydrogens (tertiary/aromatic N) is 3. The van der Waals surface area contributed by atoms with Gasteiger partial charge in [0.05, 0.1) is 26.9 Å². The van der Waals surface area contributed by atoms with Crippen LogP contribution in [-0.4, -0.2) is 48.0 Å². The number of carbonyl (C=O) groups is 2. The number of amides is 1. The minimum atomic E-state index is -0.983. The predicted octanol–water partition coefficient (Wildman–Crippen LogP) is 3.18. The molecular formula is C21H22N4O7. The summed E-state index contributed by atoms with van der Waals surface area (Å²) in [4.78, 5) is 33.0. The van der Waals surface area contributed by atoms with Crippen molar-refractivity contribution in [2.45, 2.75) is 19.9 Å². The van der Waals surface area contributed by atoms with Gasteiger partial charge in [-0.05, 0) is 38.1 Å². The lowest BCUT2D eigenvalue weighted by atomic mass is 10.2. The topological polar surface area (TPSA) is 135 Å². The minimum Gasteiger partial charge on any atom is -0.497 e. The number of carbonyl (C=O) groups excluding carboxylic acids is 2. The summed E-state index contributed by atoms with van der Waals surface area (Å²) in [6, 6.07) is 7.90. The number of rotatable bonds is 8. The average molecular weight is 442 g/mol. The first-order valence-electron chi connectivity index (χ1n) is 9.63. The van der Waals surface area contributed by atoms with Crippen LogP contribution in [0.25, 0.3) is 11.5 Å². The third-order valence-corrected chi connectivity index (χ3v) is 4.26. The first-order chi connectivity index (χ1) is 15.5. The molecule has 11 heteroatoms. The Labute approximate surface area is 183 Å². The Balaban J connectivity index is 1.77. The van der Waals surface area contributed by atoms with Crippen molar-refractivity contribution in [1.82, 2.24) is 20.4 Å². The van der Waals surface area contributed by atoms with Crippen molar-refractivity contribution in [3.05, 3.63) is 48.0 Å². The Morgan fingerprint density at radius 3 is 2.53 bits per heavy atom. The zero-order valence-electron chi connectivity index (χ0n) is 17.9. The zero-order chi connectivity index (χ0) is 23.1. The molecule has 0 aliphatic heterocycles. The van der Waals surface area contributed by atoms with Crippen LogP contribution in [0.5, 0.6) is 17.2 Å². The molecule has 0 bridgehead atoms. The summed E-state index contributed by atoms with van der Waals surface area (Å²) in [6.07, 6.45) is 0.371. The highest BCUT2D eigenvalue weighted by Crippen LogP contribution is 2.30. The van der Waals surface area contributed by atoms with Crippen LogP contribution in [0.15, 0.2) is 41.1 Å². The Bertz CT molecular complexity index is 1080. The molecule has 1 N–H and O–H groups in total. The summed E-state index contributed by atoms with van der Waals surface area (Å²) in [7, 11) is 2.95. The number of benzene rings is 1. The monoisotopic (exact) mass is 442 g/mol. The summed E-state index contributed by atoms with van der Waals surface area (Å²) < 4.78 is 25.5. The average Bonchev–Trinajstić information content (AvgIpc) is 3.30. The van der Waals surface area contributed by atoms with Crippen LogP contribution in [-0.2, 0) is 4.74 Å². The second-order valence-electron chi connectivity index (χ2n) is 6.36. The Kier molecular flexibility index (Phi) is 7.21. The summed E-state index contributed by atoms with van der Waals surface area (Å²) in [5.74, 6) is 0.583. The van der Waals surface area contributed by atoms with Crippen LogP contribution in [0.1, 0.15) is 36.2 Å². The van der Waals surface area contributed by atoms with E-state index < -0.39 is 18.1 Å². The third kappa shape index (κ3) is 5.12. The maximum Gasteiger partial charge on any atom is 0.514 e. The van der Waals surface area contributed by atoms with E-state index in [-0.39, 0.29) is 35.5 Å². The van der Waals surface area contributed by atoms with Gasteiger partial charge >= 0.3 is 6.16 Å². The van der Waals surface area contributed by atoms with Crippen LogP contribution >= 0.6 is 0 Å². The van der Waals surface area contributed by atoms with E-state index in [2.05, 4.69) is 20.4 Å². The highest BCUT2D eigenvalue weighted by Gasteiger charge is 2.25. The van der Waals surface area contributed by atoms with E-state index in [1.54, 1.807) is 45.2 Å². The molecule has 1 amide bonds. The van der Waals surface area contributed by atoms with Crippen LogP contribution < -0.4 is 19.5 Å². The maximum atomic E-state index is 12.8. The molecule has 0 aliphatic rings. The molecule has 0 spiro atoms. The van der Waals surface area contributed by atoms with E-state index in [1.165, 1.54) is 19.4 Å². The van der Waals surface area contributed by atoms with Gasteiger partial charge in [-0.2, -0.15) is 4.98 Å². The zero-order valence-corrected chi connectivity index (χ0v) is 17.9. The fourth-order valence-electron chi connectivity index (χ4n) is 2.67. The fraction of sp³-hybridized carbons (Fsp3) is 0.286. The number of pyridine rings is 1. The number of ether oxygens (including phenoxy) is 4.